The monoisotopic (exact) mass is 547 g/mol. The number of aromatic nitrogens is 4. The Labute approximate surface area is 216 Å². The van der Waals surface area contributed by atoms with Crippen molar-refractivity contribution in [3.05, 3.63) is 65.0 Å². The molecule has 39 heavy (non-hydrogen) atoms. The molecule has 0 aliphatic carbocycles. The lowest BCUT2D eigenvalue weighted by molar-refractivity contribution is -0.190. The molecule has 202 valence electrons. The van der Waals surface area contributed by atoms with Gasteiger partial charge in [0.25, 0.3) is 0 Å². The van der Waals surface area contributed by atoms with Crippen LogP contribution >= 0.6 is 0 Å². The zero-order valence-corrected chi connectivity index (χ0v) is 20.5. The van der Waals surface area contributed by atoms with Gasteiger partial charge in [-0.1, -0.05) is 6.07 Å². The number of benzene rings is 1. The van der Waals surface area contributed by atoms with Crippen molar-refractivity contribution in [3.8, 4) is 23.1 Å². The van der Waals surface area contributed by atoms with Gasteiger partial charge in [-0.2, -0.15) is 18.2 Å². The highest BCUT2D eigenvalue weighted by molar-refractivity contribution is 6.05. The number of aryl methyl sites for hydroxylation is 1. The van der Waals surface area contributed by atoms with E-state index in [-0.39, 0.29) is 39.9 Å². The highest BCUT2D eigenvalue weighted by Gasteiger charge is 2.47. The van der Waals surface area contributed by atoms with Gasteiger partial charge in [-0.05, 0) is 45.0 Å². The van der Waals surface area contributed by atoms with Crippen LogP contribution in [0.1, 0.15) is 30.7 Å². The number of anilines is 1. The normalized spacial score (nSPS) is 14.3. The zero-order chi connectivity index (χ0) is 28.3. The summed E-state index contributed by atoms with van der Waals surface area (Å²) in [7, 11) is 0. The van der Waals surface area contributed by atoms with Crippen molar-refractivity contribution in [1.82, 2.24) is 19.4 Å². The Morgan fingerprint density at radius 3 is 2.44 bits per heavy atom. The van der Waals surface area contributed by atoms with E-state index in [1.54, 1.807) is 6.92 Å². The smallest absolute Gasteiger partial charge is 0.485 e. The predicted octanol–water partition coefficient (Wildman–Crippen LogP) is 4.65. The van der Waals surface area contributed by atoms with E-state index in [1.165, 1.54) is 42.6 Å². The lowest BCUT2D eigenvalue weighted by Gasteiger charge is -2.18. The standard InChI is InChI=1S/C25H18F5N5O4/c1-11-17(35-9-5-8-15(20(35)31-11)38-10-12-13(26)6-4-7-14(12)27)19-32-18-16(24(2,3)22(36)34-18)21(33-19)39-23(37)25(28,29)30/h4-9H,10H2,1-3H3,(H,32,33,34,36). The van der Waals surface area contributed by atoms with Crippen LogP contribution in [-0.4, -0.2) is 37.4 Å². The molecule has 0 fully saturated rings. The average molecular weight is 547 g/mol. The molecule has 1 amide bonds. The number of carbonyl (C=O) groups excluding carboxylic acids is 2. The van der Waals surface area contributed by atoms with Gasteiger partial charge in [-0.15, -0.1) is 0 Å². The van der Waals surface area contributed by atoms with Crippen LogP contribution < -0.4 is 14.8 Å². The fourth-order valence-corrected chi connectivity index (χ4v) is 4.15. The van der Waals surface area contributed by atoms with Crippen molar-refractivity contribution >= 4 is 23.3 Å². The highest BCUT2D eigenvalue weighted by Crippen LogP contribution is 2.43. The Morgan fingerprint density at radius 1 is 1.08 bits per heavy atom. The first-order valence-corrected chi connectivity index (χ1v) is 11.4. The molecule has 0 radical (unpaired) electrons. The second-order valence-electron chi connectivity index (χ2n) is 9.14. The minimum absolute atomic E-state index is 0.115. The Bertz CT molecular complexity index is 1640. The van der Waals surface area contributed by atoms with Gasteiger partial charge >= 0.3 is 12.1 Å². The zero-order valence-electron chi connectivity index (χ0n) is 20.5. The van der Waals surface area contributed by atoms with Gasteiger partial charge in [0.15, 0.2) is 17.2 Å². The molecule has 14 heteroatoms. The Balaban J connectivity index is 1.61. The van der Waals surface area contributed by atoms with Gasteiger partial charge in [-0.25, -0.2) is 23.5 Å². The number of hydrogen-bond acceptors (Lipinski definition) is 7. The maximum absolute atomic E-state index is 14.1. The number of carbonyl (C=O) groups is 2. The van der Waals surface area contributed by atoms with Gasteiger partial charge in [0.2, 0.25) is 11.8 Å². The number of rotatable bonds is 5. The molecule has 9 nitrogen and oxygen atoms in total. The molecule has 0 spiro atoms. The lowest BCUT2D eigenvalue weighted by atomic mass is 9.87. The minimum Gasteiger partial charge on any atom is -0.485 e. The molecule has 1 aromatic carbocycles. The van der Waals surface area contributed by atoms with E-state index in [1.807, 2.05) is 0 Å². The summed E-state index contributed by atoms with van der Waals surface area (Å²) >= 11 is 0. The Hall–Kier alpha value is -4.62. The molecule has 3 aromatic heterocycles. The molecule has 1 aliphatic heterocycles. The van der Waals surface area contributed by atoms with E-state index < -0.39 is 47.6 Å². The number of fused-ring (bicyclic) bond motifs is 2. The minimum atomic E-state index is -5.32. The third kappa shape index (κ3) is 4.41. The molecule has 4 heterocycles. The fraction of sp³-hybridized carbons (Fsp3) is 0.240. The number of alkyl halides is 3. The van der Waals surface area contributed by atoms with Crippen LogP contribution in [0.4, 0.5) is 27.8 Å². The van der Waals surface area contributed by atoms with Crippen molar-refractivity contribution in [2.45, 2.75) is 39.0 Å². The van der Waals surface area contributed by atoms with Crippen LogP contribution in [0.3, 0.4) is 0 Å². The molecule has 0 saturated heterocycles. The second-order valence-corrected chi connectivity index (χ2v) is 9.14. The average Bonchev–Trinajstić information content (AvgIpc) is 3.30. The molecule has 4 aromatic rings. The van der Waals surface area contributed by atoms with E-state index in [4.69, 9.17) is 4.74 Å². The maximum Gasteiger partial charge on any atom is 0.491 e. The lowest BCUT2D eigenvalue weighted by Crippen LogP contribution is -2.31. The number of hydrogen-bond donors (Lipinski definition) is 1. The van der Waals surface area contributed by atoms with E-state index in [9.17, 15) is 31.5 Å². The summed E-state index contributed by atoms with van der Waals surface area (Å²) in [5, 5.41) is 2.48. The van der Waals surface area contributed by atoms with Gasteiger partial charge in [0.1, 0.15) is 29.8 Å². The number of halogens is 5. The third-order valence-corrected chi connectivity index (χ3v) is 6.16. The van der Waals surface area contributed by atoms with Crippen LogP contribution in [0.15, 0.2) is 36.5 Å². The SMILES string of the molecule is Cc1nc2c(OCc3c(F)cccc3F)cccn2c1-c1nc2c(c(OC(=O)C(F)(F)F)n1)C(C)(C)C(=O)N2. The number of nitrogens with zero attached hydrogens (tertiary/aromatic N) is 4. The van der Waals surface area contributed by atoms with Crippen molar-refractivity contribution in [3.63, 3.8) is 0 Å². The van der Waals surface area contributed by atoms with Crippen LogP contribution in [-0.2, 0) is 21.6 Å². The van der Waals surface area contributed by atoms with Crippen LogP contribution in [0.2, 0.25) is 0 Å². The molecule has 0 atom stereocenters. The predicted molar refractivity (Wildman–Crippen MR) is 125 cm³/mol. The second kappa shape index (κ2) is 8.99. The number of nitrogens with one attached hydrogen (secondary N) is 1. The van der Waals surface area contributed by atoms with E-state index in [0.29, 0.717) is 5.69 Å². The summed E-state index contributed by atoms with van der Waals surface area (Å²) < 4.78 is 78.8. The molecular formula is C25H18F5N5O4. The van der Waals surface area contributed by atoms with Gasteiger partial charge in [-0.3, -0.25) is 9.20 Å². The Kier molecular flexibility index (Phi) is 6.00. The number of pyridine rings is 1. The Morgan fingerprint density at radius 2 is 1.77 bits per heavy atom. The topological polar surface area (TPSA) is 108 Å². The number of esters is 1. The van der Waals surface area contributed by atoms with Crippen LogP contribution in [0.5, 0.6) is 11.6 Å². The summed E-state index contributed by atoms with van der Waals surface area (Å²) in [4.78, 5) is 37.0. The highest BCUT2D eigenvalue weighted by atomic mass is 19.4. The maximum atomic E-state index is 14.1. The summed E-state index contributed by atoms with van der Waals surface area (Å²) in [5.74, 6) is -5.63. The molecule has 0 unspecified atom stereocenters. The van der Waals surface area contributed by atoms with Crippen LogP contribution in [0, 0.1) is 18.6 Å². The third-order valence-electron chi connectivity index (χ3n) is 6.16. The van der Waals surface area contributed by atoms with Crippen molar-refractivity contribution in [2.75, 3.05) is 5.32 Å². The summed E-state index contributed by atoms with van der Waals surface area (Å²) in [5.41, 5.74) is -1.15. The van der Waals surface area contributed by atoms with E-state index >= 15 is 0 Å². The quantitative estimate of drug-likeness (QED) is 0.286. The van der Waals surface area contributed by atoms with E-state index in [0.717, 1.165) is 12.1 Å². The molecular weight excluding hydrogens is 529 g/mol. The first kappa shape index (κ1) is 26.0. The summed E-state index contributed by atoms with van der Waals surface area (Å²) in [6.45, 7) is 3.95. The first-order valence-electron chi connectivity index (χ1n) is 11.4. The molecule has 0 saturated carbocycles. The van der Waals surface area contributed by atoms with Crippen molar-refractivity contribution in [1.29, 1.82) is 0 Å². The fourth-order valence-electron chi connectivity index (χ4n) is 4.15. The van der Waals surface area contributed by atoms with Gasteiger partial charge < -0.3 is 14.8 Å². The molecule has 1 aliphatic rings. The molecule has 5 rings (SSSR count). The molecule has 1 N–H and O–H groups in total. The van der Waals surface area contributed by atoms with Crippen molar-refractivity contribution in [2.24, 2.45) is 0 Å². The number of ether oxygens (including phenoxy) is 2. The summed E-state index contributed by atoms with van der Waals surface area (Å²) in [6, 6.07) is 6.45. The first-order chi connectivity index (χ1) is 18.3. The summed E-state index contributed by atoms with van der Waals surface area (Å²) in [6.07, 6.45) is -3.79. The van der Waals surface area contributed by atoms with Crippen molar-refractivity contribution < 1.29 is 41.0 Å². The van der Waals surface area contributed by atoms with Crippen LogP contribution in [0.25, 0.3) is 17.2 Å². The van der Waals surface area contributed by atoms with Gasteiger partial charge in [0, 0.05) is 6.20 Å². The van der Waals surface area contributed by atoms with E-state index in [2.05, 4.69) is 25.0 Å². The molecule has 0 bridgehead atoms. The largest absolute Gasteiger partial charge is 0.491 e. The van der Waals surface area contributed by atoms with Gasteiger partial charge in [0.05, 0.1) is 22.2 Å². The number of amides is 1. The number of imidazole rings is 1.